The standard InChI is InChI=1S/C7H6BrClN4S/c8-4-1-13(12-7(4)10)2-5-6(9)11-3-14-5/h1,3H,2H2,(H2,10,12). The van der Waals surface area contributed by atoms with Gasteiger partial charge in [0.15, 0.2) is 5.82 Å². The van der Waals surface area contributed by atoms with Crippen LogP contribution >= 0.6 is 38.9 Å². The molecule has 0 fully saturated rings. The van der Waals surface area contributed by atoms with E-state index in [1.54, 1.807) is 10.2 Å². The number of hydrogen-bond acceptors (Lipinski definition) is 4. The van der Waals surface area contributed by atoms with E-state index in [9.17, 15) is 0 Å². The average Bonchev–Trinajstić information content (AvgIpc) is 2.63. The van der Waals surface area contributed by atoms with E-state index in [2.05, 4.69) is 26.0 Å². The zero-order valence-corrected chi connectivity index (χ0v) is 10.1. The maximum Gasteiger partial charge on any atom is 0.159 e. The van der Waals surface area contributed by atoms with E-state index in [0.717, 1.165) is 9.35 Å². The van der Waals surface area contributed by atoms with Crippen LogP contribution in [-0.4, -0.2) is 14.8 Å². The molecule has 7 heteroatoms. The highest BCUT2D eigenvalue weighted by Gasteiger charge is 2.07. The van der Waals surface area contributed by atoms with Crippen LogP contribution in [0.3, 0.4) is 0 Å². The SMILES string of the molecule is Nc1nn(Cc2scnc2Cl)cc1Br. The molecule has 4 nitrogen and oxygen atoms in total. The molecule has 14 heavy (non-hydrogen) atoms. The van der Waals surface area contributed by atoms with Crippen LogP contribution in [0.2, 0.25) is 5.15 Å². The first-order valence-electron chi connectivity index (χ1n) is 3.73. The first-order chi connectivity index (χ1) is 6.66. The fourth-order valence-electron chi connectivity index (χ4n) is 0.999. The maximum absolute atomic E-state index is 5.85. The second kappa shape index (κ2) is 3.88. The number of thiazole rings is 1. The van der Waals surface area contributed by atoms with Crippen LogP contribution in [0.25, 0.3) is 0 Å². The molecule has 0 aliphatic rings. The molecule has 74 valence electrons. The monoisotopic (exact) mass is 292 g/mol. The fraction of sp³-hybridized carbons (Fsp3) is 0.143. The van der Waals surface area contributed by atoms with E-state index >= 15 is 0 Å². The third-order valence-electron chi connectivity index (χ3n) is 1.64. The summed E-state index contributed by atoms with van der Waals surface area (Å²) < 4.78 is 2.51. The van der Waals surface area contributed by atoms with Gasteiger partial charge in [-0.05, 0) is 15.9 Å². The zero-order valence-electron chi connectivity index (χ0n) is 6.94. The topological polar surface area (TPSA) is 56.7 Å². The van der Waals surface area contributed by atoms with Gasteiger partial charge in [-0.2, -0.15) is 5.10 Å². The highest BCUT2D eigenvalue weighted by Crippen LogP contribution is 2.22. The molecule has 2 N–H and O–H groups in total. The lowest BCUT2D eigenvalue weighted by Crippen LogP contribution is -1.99. The van der Waals surface area contributed by atoms with Gasteiger partial charge < -0.3 is 5.73 Å². The van der Waals surface area contributed by atoms with Crippen molar-refractivity contribution in [2.24, 2.45) is 0 Å². The summed E-state index contributed by atoms with van der Waals surface area (Å²) in [5.74, 6) is 0.477. The summed E-state index contributed by atoms with van der Waals surface area (Å²) in [6.45, 7) is 0.597. The van der Waals surface area contributed by atoms with Gasteiger partial charge in [-0.3, -0.25) is 4.68 Å². The second-order valence-electron chi connectivity index (χ2n) is 2.63. The number of anilines is 1. The van der Waals surface area contributed by atoms with Crippen molar-refractivity contribution >= 4 is 44.7 Å². The molecule has 2 aromatic heterocycles. The van der Waals surface area contributed by atoms with Gasteiger partial charge >= 0.3 is 0 Å². The Morgan fingerprint density at radius 1 is 1.64 bits per heavy atom. The van der Waals surface area contributed by atoms with Gasteiger partial charge in [-0.1, -0.05) is 11.6 Å². The lowest BCUT2D eigenvalue weighted by molar-refractivity contribution is 0.697. The van der Waals surface area contributed by atoms with Crippen LogP contribution in [0.1, 0.15) is 4.88 Å². The van der Waals surface area contributed by atoms with Crippen LogP contribution in [0.15, 0.2) is 16.2 Å². The average molecular weight is 294 g/mol. The van der Waals surface area contributed by atoms with Gasteiger partial charge in [-0.15, -0.1) is 11.3 Å². The van der Waals surface area contributed by atoms with Crippen LogP contribution in [0.4, 0.5) is 5.82 Å². The van der Waals surface area contributed by atoms with Gasteiger partial charge in [0.25, 0.3) is 0 Å². The molecular formula is C7H6BrClN4S. The molecule has 0 unspecified atom stereocenters. The lowest BCUT2D eigenvalue weighted by Gasteiger charge is -1.97. The third-order valence-corrected chi connectivity index (χ3v) is 3.51. The van der Waals surface area contributed by atoms with E-state index in [1.165, 1.54) is 11.3 Å². The zero-order chi connectivity index (χ0) is 10.1. The number of hydrogen-bond donors (Lipinski definition) is 1. The van der Waals surface area contributed by atoms with Crippen LogP contribution in [0.5, 0.6) is 0 Å². The minimum atomic E-state index is 0.477. The number of rotatable bonds is 2. The molecule has 0 bridgehead atoms. The van der Waals surface area contributed by atoms with Crippen molar-refractivity contribution in [3.05, 3.63) is 26.2 Å². The van der Waals surface area contributed by atoms with Crippen LogP contribution in [-0.2, 0) is 6.54 Å². The minimum Gasteiger partial charge on any atom is -0.381 e. The second-order valence-corrected chi connectivity index (χ2v) is 4.78. The van der Waals surface area contributed by atoms with Gasteiger partial charge in [0.05, 0.1) is 21.4 Å². The first kappa shape index (κ1) is 9.95. The molecule has 0 spiro atoms. The Hall–Kier alpha value is -0.590. The Morgan fingerprint density at radius 2 is 2.43 bits per heavy atom. The Morgan fingerprint density at radius 3 is 2.93 bits per heavy atom. The number of aromatic nitrogens is 3. The summed E-state index contributed by atoms with van der Waals surface area (Å²) >= 11 is 10.6. The summed E-state index contributed by atoms with van der Waals surface area (Å²) in [6, 6.07) is 0. The first-order valence-corrected chi connectivity index (χ1v) is 5.78. The Kier molecular flexibility index (Phi) is 2.76. The Balaban J connectivity index is 2.23. The highest BCUT2D eigenvalue weighted by atomic mass is 79.9. The van der Waals surface area contributed by atoms with E-state index in [4.69, 9.17) is 17.3 Å². The van der Waals surface area contributed by atoms with Crippen molar-refractivity contribution in [3.8, 4) is 0 Å². The van der Waals surface area contributed by atoms with Crippen LogP contribution in [0, 0.1) is 0 Å². The molecule has 2 rings (SSSR count). The molecule has 0 aliphatic carbocycles. The molecule has 0 radical (unpaired) electrons. The molecule has 0 amide bonds. The maximum atomic E-state index is 5.85. The molecule has 2 aromatic rings. The number of nitrogen functional groups attached to an aromatic ring is 1. The molecule has 2 heterocycles. The molecule has 0 saturated heterocycles. The number of nitrogens with zero attached hydrogens (tertiary/aromatic N) is 3. The van der Waals surface area contributed by atoms with Gasteiger partial charge in [0, 0.05) is 6.20 Å². The van der Waals surface area contributed by atoms with E-state index < -0.39 is 0 Å². The summed E-state index contributed by atoms with van der Waals surface area (Å²) in [6.07, 6.45) is 1.81. The highest BCUT2D eigenvalue weighted by molar-refractivity contribution is 9.10. The minimum absolute atomic E-state index is 0.477. The number of nitrogens with two attached hydrogens (primary N) is 1. The fourth-order valence-corrected chi connectivity index (χ4v) is 2.26. The van der Waals surface area contributed by atoms with Crippen molar-refractivity contribution in [1.29, 1.82) is 0 Å². The van der Waals surface area contributed by atoms with Gasteiger partial charge in [-0.25, -0.2) is 4.98 Å². The Bertz CT molecular complexity index is 433. The summed E-state index contributed by atoms with van der Waals surface area (Å²) in [5, 5.41) is 4.62. The summed E-state index contributed by atoms with van der Waals surface area (Å²) in [7, 11) is 0. The van der Waals surface area contributed by atoms with E-state index in [-0.39, 0.29) is 0 Å². The predicted octanol–water partition coefficient (Wildman–Crippen LogP) is 2.39. The largest absolute Gasteiger partial charge is 0.381 e. The van der Waals surface area contributed by atoms with Crippen LogP contribution < -0.4 is 5.73 Å². The Labute approximate surface area is 97.8 Å². The summed E-state index contributed by atoms with van der Waals surface area (Å²) in [5.41, 5.74) is 7.29. The molecule has 0 aliphatic heterocycles. The lowest BCUT2D eigenvalue weighted by atomic mass is 10.5. The quantitative estimate of drug-likeness (QED) is 0.925. The van der Waals surface area contributed by atoms with E-state index in [0.29, 0.717) is 17.5 Å². The van der Waals surface area contributed by atoms with Crippen molar-refractivity contribution in [3.63, 3.8) is 0 Å². The van der Waals surface area contributed by atoms with Crippen molar-refractivity contribution in [1.82, 2.24) is 14.8 Å². The summed E-state index contributed by atoms with van der Waals surface area (Å²) in [4.78, 5) is 4.92. The molecule has 0 atom stereocenters. The smallest absolute Gasteiger partial charge is 0.159 e. The van der Waals surface area contributed by atoms with Crippen molar-refractivity contribution in [2.75, 3.05) is 5.73 Å². The van der Waals surface area contributed by atoms with Gasteiger partial charge in [0.1, 0.15) is 5.15 Å². The molecular weight excluding hydrogens is 288 g/mol. The predicted molar refractivity (Wildman–Crippen MR) is 60.6 cm³/mol. The van der Waals surface area contributed by atoms with Crippen molar-refractivity contribution < 1.29 is 0 Å². The van der Waals surface area contributed by atoms with E-state index in [1.807, 2.05) is 6.20 Å². The molecule has 0 saturated carbocycles. The third kappa shape index (κ3) is 1.92. The number of halogens is 2. The molecule has 0 aromatic carbocycles. The van der Waals surface area contributed by atoms with Crippen molar-refractivity contribution in [2.45, 2.75) is 6.54 Å². The normalized spacial score (nSPS) is 10.7. The van der Waals surface area contributed by atoms with Gasteiger partial charge in [0.2, 0.25) is 0 Å².